The predicted octanol–water partition coefficient (Wildman–Crippen LogP) is 1.62. The Balaban J connectivity index is 1.96. The third-order valence-corrected chi connectivity index (χ3v) is 4.18. The standard InChI is InChI=1S/C15H19N3O2S/c1-12(18-9-7-13-4-3-8-17-11-13)14-5-2-6-15(10-14)21(16,19)20/h2-6,8,10-12,18H,7,9H2,1H3,(H2,16,19,20). The smallest absolute Gasteiger partial charge is 0.238 e. The average Bonchev–Trinajstić information content (AvgIpc) is 2.47. The number of aromatic nitrogens is 1. The Kier molecular flexibility index (Phi) is 5.06. The summed E-state index contributed by atoms with van der Waals surface area (Å²) in [6, 6.07) is 10.7. The van der Waals surface area contributed by atoms with Crippen LogP contribution in [0.15, 0.2) is 53.7 Å². The number of nitrogens with zero attached hydrogens (tertiary/aromatic N) is 1. The predicted molar refractivity (Wildman–Crippen MR) is 82.2 cm³/mol. The van der Waals surface area contributed by atoms with Gasteiger partial charge in [0.15, 0.2) is 0 Å². The highest BCUT2D eigenvalue weighted by Crippen LogP contribution is 2.16. The molecule has 2 rings (SSSR count). The molecule has 2 aromatic rings. The fourth-order valence-corrected chi connectivity index (χ4v) is 2.63. The minimum absolute atomic E-state index is 0.0448. The van der Waals surface area contributed by atoms with E-state index in [0.29, 0.717) is 0 Å². The van der Waals surface area contributed by atoms with Gasteiger partial charge >= 0.3 is 0 Å². The molecular weight excluding hydrogens is 286 g/mol. The molecule has 0 saturated carbocycles. The van der Waals surface area contributed by atoms with Crippen LogP contribution in [0, 0.1) is 0 Å². The molecule has 0 bridgehead atoms. The molecule has 1 atom stereocenters. The Labute approximate surface area is 125 Å². The third-order valence-electron chi connectivity index (χ3n) is 3.27. The molecule has 0 aliphatic heterocycles. The lowest BCUT2D eigenvalue weighted by atomic mass is 10.1. The molecule has 1 heterocycles. The van der Waals surface area contributed by atoms with Crippen molar-refractivity contribution in [3.05, 3.63) is 59.9 Å². The quantitative estimate of drug-likeness (QED) is 0.849. The van der Waals surface area contributed by atoms with Gasteiger partial charge in [-0.05, 0) is 49.2 Å². The van der Waals surface area contributed by atoms with Crippen molar-refractivity contribution in [2.24, 2.45) is 5.14 Å². The Bertz CT molecular complexity index is 687. The number of nitrogens with one attached hydrogen (secondary N) is 1. The average molecular weight is 305 g/mol. The first-order valence-corrected chi connectivity index (χ1v) is 8.26. The lowest BCUT2D eigenvalue weighted by molar-refractivity contribution is 0.574. The van der Waals surface area contributed by atoms with Crippen molar-refractivity contribution in [3.63, 3.8) is 0 Å². The van der Waals surface area contributed by atoms with Crippen molar-refractivity contribution < 1.29 is 8.42 Å². The summed E-state index contributed by atoms with van der Waals surface area (Å²) in [5.41, 5.74) is 2.06. The number of rotatable bonds is 6. The maximum Gasteiger partial charge on any atom is 0.238 e. The normalized spacial score (nSPS) is 13.0. The minimum atomic E-state index is -3.66. The Hall–Kier alpha value is -1.76. The first-order chi connectivity index (χ1) is 9.97. The van der Waals surface area contributed by atoms with Gasteiger partial charge in [-0.3, -0.25) is 4.98 Å². The maximum atomic E-state index is 11.4. The Morgan fingerprint density at radius 3 is 2.76 bits per heavy atom. The van der Waals surface area contributed by atoms with Crippen molar-refractivity contribution in [2.45, 2.75) is 24.3 Å². The number of primary sulfonamides is 1. The van der Waals surface area contributed by atoms with Crippen LogP contribution in [0.4, 0.5) is 0 Å². The van der Waals surface area contributed by atoms with Crippen molar-refractivity contribution in [3.8, 4) is 0 Å². The van der Waals surface area contributed by atoms with Gasteiger partial charge in [-0.25, -0.2) is 13.6 Å². The van der Waals surface area contributed by atoms with Crippen LogP contribution >= 0.6 is 0 Å². The highest BCUT2D eigenvalue weighted by atomic mass is 32.2. The molecule has 0 aliphatic carbocycles. The molecule has 3 N–H and O–H groups in total. The highest BCUT2D eigenvalue weighted by molar-refractivity contribution is 7.89. The number of hydrogen-bond acceptors (Lipinski definition) is 4. The second-order valence-corrected chi connectivity index (χ2v) is 6.47. The molecule has 6 heteroatoms. The molecule has 0 fully saturated rings. The van der Waals surface area contributed by atoms with Crippen LogP contribution in [-0.2, 0) is 16.4 Å². The zero-order chi connectivity index (χ0) is 15.3. The van der Waals surface area contributed by atoms with Gasteiger partial charge in [0, 0.05) is 18.4 Å². The number of nitrogens with two attached hydrogens (primary N) is 1. The second kappa shape index (κ2) is 6.80. The Morgan fingerprint density at radius 2 is 2.10 bits per heavy atom. The van der Waals surface area contributed by atoms with Crippen LogP contribution in [0.25, 0.3) is 0 Å². The van der Waals surface area contributed by atoms with Crippen LogP contribution in [0.2, 0.25) is 0 Å². The molecule has 1 aromatic carbocycles. The molecule has 0 aliphatic rings. The van der Waals surface area contributed by atoms with E-state index in [4.69, 9.17) is 5.14 Å². The molecule has 0 radical (unpaired) electrons. The van der Waals surface area contributed by atoms with E-state index in [1.807, 2.05) is 31.3 Å². The number of hydrogen-bond donors (Lipinski definition) is 2. The highest BCUT2D eigenvalue weighted by Gasteiger charge is 2.11. The molecule has 1 unspecified atom stereocenters. The van der Waals surface area contributed by atoms with Gasteiger partial charge in [0.05, 0.1) is 4.90 Å². The topological polar surface area (TPSA) is 85.1 Å². The van der Waals surface area contributed by atoms with Gasteiger partial charge in [0.2, 0.25) is 10.0 Å². The van der Waals surface area contributed by atoms with Crippen LogP contribution in [0.3, 0.4) is 0 Å². The van der Waals surface area contributed by atoms with E-state index in [1.54, 1.807) is 18.3 Å². The zero-order valence-corrected chi connectivity index (χ0v) is 12.7. The van der Waals surface area contributed by atoms with Gasteiger partial charge in [-0.1, -0.05) is 18.2 Å². The summed E-state index contributed by atoms with van der Waals surface area (Å²) in [4.78, 5) is 4.21. The van der Waals surface area contributed by atoms with Crippen LogP contribution in [-0.4, -0.2) is 19.9 Å². The van der Waals surface area contributed by atoms with Gasteiger partial charge in [0.1, 0.15) is 0 Å². The van der Waals surface area contributed by atoms with Crippen LogP contribution in [0.1, 0.15) is 24.1 Å². The number of sulfonamides is 1. The third kappa shape index (κ3) is 4.63. The second-order valence-electron chi connectivity index (χ2n) is 4.90. The van der Waals surface area contributed by atoms with E-state index in [9.17, 15) is 8.42 Å². The first kappa shape index (κ1) is 15.6. The van der Waals surface area contributed by atoms with Crippen molar-refractivity contribution in [1.29, 1.82) is 0 Å². The largest absolute Gasteiger partial charge is 0.310 e. The first-order valence-electron chi connectivity index (χ1n) is 6.72. The summed E-state index contributed by atoms with van der Waals surface area (Å²) in [7, 11) is -3.66. The van der Waals surface area contributed by atoms with E-state index in [1.165, 1.54) is 6.07 Å². The lowest BCUT2D eigenvalue weighted by Gasteiger charge is -2.15. The van der Waals surface area contributed by atoms with E-state index < -0.39 is 10.0 Å². The summed E-state index contributed by atoms with van der Waals surface area (Å²) in [6.07, 6.45) is 4.46. The summed E-state index contributed by atoms with van der Waals surface area (Å²) >= 11 is 0. The summed E-state index contributed by atoms with van der Waals surface area (Å²) < 4.78 is 22.7. The summed E-state index contributed by atoms with van der Waals surface area (Å²) in [5.74, 6) is 0. The van der Waals surface area contributed by atoms with Gasteiger partial charge < -0.3 is 5.32 Å². The van der Waals surface area contributed by atoms with Crippen LogP contribution in [0.5, 0.6) is 0 Å². The zero-order valence-electron chi connectivity index (χ0n) is 11.9. The SMILES string of the molecule is CC(NCCc1cccnc1)c1cccc(S(N)(=O)=O)c1. The molecule has 1 aromatic heterocycles. The van der Waals surface area contributed by atoms with Crippen molar-refractivity contribution in [2.75, 3.05) is 6.54 Å². The fourth-order valence-electron chi connectivity index (χ4n) is 2.06. The Morgan fingerprint density at radius 1 is 1.29 bits per heavy atom. The summed E-state index contributed by atoms with van der Waals surface area (Å²) in [6.45, 7) is 2.78. The molecular formula is C15H19N3O2S. The lowest BCUT2D eigenvalue weighted by Crippen LogP contribution is -2.22. The molecule has 112 valence electrons. The fraction of sp³-hybridized carbons (Fsp3) is 0.267. The molecule has 5 nitrogen and oxygen atoms in total. The summed E-state index contributed by atoms with van der Waals surface area (Å²) in [5, 5.41) is 8.51. The van der Waals surface area contributed by atoms with Gasteiger partial charge in [-0.15, -0.1) is 0 Å². The van der Waals surface area contributed by atoms with Crippen molar-refractivity contribution >= 4 is 10.0 Å². The van der Waals surface area contributed by atoms with Crippen LogP contribution < -0.4 is 10.5 Å². The minimum Gasteiger partial charge on any atom is -0.310 e. The molecule has 0 amide bonds. The molecule has 0 saturated heterocycles. The molecule has 0 spiro atoms. The van der Waals surface area contributed by atoms with E-state index in [2.05, 4.69) is 10.3 Å². The molecule has 21 heavy (non-hydrogen) atoms. The van der Waals surface area contributed by atoms with Crippen molar-refractivity contribution in [1.82, 2.24) is 10.3 Å². The number of benzene rings is 1. The van der Waals surface area contributed by atoms with E-state index in [-0.39, 0.29) is 10.9 Å². The van der Waals surface area contributed by atoms with Gasteiger partial charge in [0.25, 0.3) is 0 Å². The maximum absolute atomic E-state index is 11.4. The van der Waals surface area contributed by atoms with E-state index in [0.717, 1.165) is 24.1 Å². The van der Waals surface area contributed by atoms with Gasteiger partial charge in [-0.2, -0.15) is 0 Å². The monoisotopic (exact) mass is 305 g/mol. The van der Waals surface area contributed by atoms with E-state index >= 15 is 0 Å². The number of pyridine rings is 1.